The Morgan fingerprint density at radius 3 is 2.25 bits per heavy atom. The molecule has 0 bridgehead atoms. The third-order valence-corrected chi connectivity index (χ3v) is 2.19. The number of ether oxygens (including phenoxy) is 1. The molecular formula is C9H6ClF5O. The summed E-state index contributed by atoms with van der Waals surface area (Å²) in [6, 6.07) is 1.39. The Hall–Kier alpha value is -1.04. The standard InChI is InChI=1S/C9H6ClF5O/c1-4-2-5(9(13,14)15)7(3-6(4)10)16-8(11)12/h2-3,8H,1H3. The van der Waals surface area contributed by atoms with Crippen molar-refractivity contribution in [3.63, 3.8) is 0 Å². The fourth-order valence-corrected chi connectivity index (χ4v) is 1.23. The Labute approximate surface area is 92.8 Å². The first-order valence-electron chi connectivity index (χ1n) is 4.04. The maximum absolute atomic E-state index is 12.4. The van der Waals surface area contributed by atoms with Gasteiger partial charge < -0.3 is 4.74 Å². The highest BCUT2D eigenvalue weighted by Crippen LogP contribution is 2.39. The summed E-state index contributed by atoms with van der Waals surface area (Å²) in [4.78, 5) is 0. The van der Waals surface area contributed by atoms with E-state index in [4.69, 9.17) is 11.6 Å². The molecule has 0 aliphatic carbocycles. The minimum Gasteiger partial charge on any atom is -0.434 e. The Bertz CT molecular complexity index is 388. The number of aryl methyl sites for hydroxylation is 1. The van der Waals surface area contributed by atoms with Gasteiger partial charge in [0, 0.05) is 5.02 Å². The zero-order valence-electron chi connectivity index (χ0n) is 7.91. The monoisotopic (exact) mass is 260 g/mol. The molecule has 0 fully saturated rings. The minimum atomic E-state index is -4.76. The predicted molar refractivity (Wildman–Crippen MR) is 47.8 cm³/mol. The molecule has 0 saturated carbocycles. The summed E-state index contributed by atoms with van der Waals surface area (Å²) in [7, 11) is 0. The van der Waals surface area contributed by atoms with E-state index in [2.05, 4.69) is 4.74 Å². The number of hydrogen-bond acceptors (Lipinski definition) is 1. The van der Waals surface area contributed by atoms with Gasteiger partial charge in [0.15, 0.2) is 0 Å². The molecule has 0 atom stereocenters. The number of hydrogen-bond donors (Lipinski definition) is 0. The van der Waals surface area contributed by atoms with E-state index in [0.717, 1.165) is 6.07 Å². The molecule has 16 heavy (non-hydrogen) atoms. The average Bonchev–Trinajstić information content (AvgIpc) is 2.08. The third kappa shape index (κ3) is 2.98. The Morgan fingerprint density at radius 2 is 1.81 bits per heavy atom. The van der Waals surface area contributed by atoms with Crippen LogP contribution in [0.3, 0.4) is 0 Å². The SMILES string of the molecule is Cc1cc(C(F)(F)F)c(OC(F)F)cc1Cl. The lowest BCUT2D eigenvalue weighted by Crippen LogP contribution is -2.11. The van der Waals surface area contributed by atoms with Crippen LogP contribution in [0.1, 0.15) is 11.1 Å². The van der Waals surface area contributed by atoms with Gasteiger partial charge in [0.05, 0.1) is 5.56 Å². The van der Waals surface area contributed by atoms with E-state index in [9.17, 15) is 22.0 Å². The first-order chi connectivity index (χ1) is 7.21. The molecule has 0 unspecified atom stereocenters. The van der Waals surface area contributed by atoms with Crippen LogP contribution in [-0.2, 0) is 6.18 Å². The third-order valence-electron chi connectivity index (χ3n) is 1.78. The maximum Gasteiger partial charge on any atom is 0.419 e. The second-order valence-corrected chi connectivity index (χ2v) is 3.38. The smallest absolute Gasteiger partial charge is 0.419 e. The van der Waals surface area contributed by atoms with E-state index in [0.29, 0.717) is 6.07 Å². The second-order valence-electron chi connectivity index (χ2n) is 2.97. The van der Waals surface area contributed by atoms with Crippen molar-refractivity contribution in [2.75, 3.05) is 0 Å². The quantitative estimate of drug-likeness (QED) is 0.722. The van der Waals surface area contributed by atoms with Crippen LogP contribution >= 0.6 is 11.6 Å². The molecule has 0 radical (unpaired) electrons. The van der Waals surface area contributed by atoms with Gasteiger partial charge in [-0.25, -0.2) is 0 Å². The van der Waals surface area contributed by atoms with Crippen LogP contribution in [0.5, 0.6) is 5.75 Å². The van der Waals surface area contributed by atoms with Crippen LogP contribution in [-0.4, -0.2) is 6.61 Å². The number of alkyl halides is 5. The molecule has 7 heteroatoms. The Morgan fingerprint density at radius 1 is 1.25 bits per heavy atom. The van der Waals surface area contributed by atoms with Crippen molar-refractivity contribution in [3.05, 3.63) is 28.3 Å². The van der Waals surface area contributed by atoms with Crippen LogP contribution in [0, 0.1) is 6.92 Å². The largest absolute Gasteiger partial charge is 0.434 e. The van der Waals surface area contributed by atoms with Gasteiger partial charge in [0.2, 0.25) is 0 Å². The molecule has 0 spiro atoms. The van der Waals surface area contributed by atoms with Crippen molar-refractivity contribution >= 4 is 11.6 Å². The minimum absolute atomic E-state index is 0.0661. The van der Waals surface area contributed by atoms with E-state index in [1.807, 2.05) is 0 Å². The van der Waals surface area contributed by atoms with E-state index in [1.165, 1.54) is 6.92 Å². The van der Waals surface area contributed by atoms with Gasteiger partial charge in [-0.05, 0) is 24.6 Å². The molecule has 0 heterocycles. The lowest BCUT2D eigenvalue weighted by Gasteiger charge is -2.14. The van der Waals surface area contributed by atoms with E-state index >= 15 is 0 Å². The van der Waals surface area contributed by atoms with Gasteiger partial charge in [-0.15, -0.1) is 0 Å². The van der Waals surface area contributed by atoms with Crippen molar-refractivity contribution in [1.29, 1.82) is 0 Å². The number of halogens is 6. The molecule has 90 valence electrons. The van der Waals surface area contributed by atoms with Gasteiger partial charge in [0.25, 0.3) is 0 Å². The first-order valence-corrected chi connectivity index (χ1v) is 4.41. The van der Waals surface area contributed by atoms with Crippen molar-refractivity contribution in [3.8, 4) is 5.75 Å². The van der Waals surface area contributed by atoms with Crippen LogP contribution < -0.4 is 4.74 Å². The summed E-state index contributed by atoms with van der Waals surface area (Å²) in [5.41, 5.74) is -1.13. The van der Waals surface area contributed by atoms with E-state index < -0.39 is 24.1 Å². The number of rotatable bonds is 2. The van der Waals surface area contributed by atoms with Crippen molar-refractivity contribution in [1.82, 2.24) is 0 Å². The molecule has 0 N–H and O–H groups in total. The topological polar surface area (TPSA) is 9.23 Å². The molecule has 0 aromatic heterocycles. The van der Waals surface area contributed by atoms with Crippen molar-refractivity contribution < 1.29 is 26.7 Å². The zero-order chi connectivity index (χ0) is 12.5. The molecule has 0 saturated heterocycles. The highest BCUT2D eigenvalue weighted by Gasteiger charge is 2.35. The van der Waals surface area contributed by atoms with Crippen LogP contribution in [0.25, 0.3) is 0 Å². The lowest BCUT2D eigenvalue weighted by molar-refractivity contribution is -0.141. The maximum atomic E-state index is 12.4. The predicted octanol–water partition coefficient (Wildman–Crippen LogP) is 4.27. The van der Waals surface area contributed by atoms with E-state index in [1.54, 1.807) is 0 Å². The van der Waals surface area contributed by atoms with Crippen molar-refractivity contribution in [2.24, 2.45) is 0 Å². The average molecular weight is 261 g/mol. The highest BCUT2D eigenvalue weighted by molar-refractivity contribution is 6.31. The summed E-state index contributed by atoms with van der Waals surface area (Å²) < 4.78 is 64.9. The summed E-state index contributed by atoms with van der Waals surface area (Å²) in [5.74, 6) is -0.974. The van der Waals surface area contributed by atoms with Crippen molar-refractivity contribution in [2.45, 2.75) is 19.7 Å². The first kappa shape index (κ1) is 13.0. The molecule has 0 aliphatic heterocycles. The van der Waals surface area contributed by atoms with Crippen LogP contribution in [0.4, 0.5) is 22.0 Å². The fraction of sp³-hybridized carbons (Fsp3) is 0.333. The normalized spacial score (nSPS) is 12.0. The van der Waals surface area contributed by atoms with Gasteiger partial charge in [-0.2, -0.15) is 22.0 Å². The molecular weight excluding hydrogens is 255 g/mol. The highest BCUT2D eigenvalue weighted by atomic mass is 35.5. The fourth-order valence-electron chi connectivity index (χ4n) is 1.08. The molecule has 1 aromatic rings. The summed E-state index contributed by atoms with van der Waals surface area (Å²) in [6.07, 6.45) is -4.76. The Kier molecular flexibility index (Phi) is 3.62. The second kappa shape index (κ2) is 4.45. The lowest BCUT2D eigenvalue weighted by atomic mass is 10.1. The van der Waals surface area contributed by atoms with E-state index in [-0.39, 0.29) is 10.6 Å². The van der Waals surface area contributed by atoms with Crippen LogP contribution in [0.2, 0.25) is 5.02 Å². The zero-order valence-corrected chi connectivity index (χ0v) is 8.66. The number of benzene rings is 1. The van der Waals surface area contributed by atoms with Crippen LogP contribution in [0.15, 0.2) is 12.1 Å². The summed E-state index contributed by atoms with van der Waals surface area (Å²) in [5, 5.41) is -0.0661. The molecule has 0 aliphatic rings. The summed E-state index contributed by atoms with van der Waals surface area (Å²) >= 11 is 5.53. The van der Waals surface area contributed by atoms with Gasteiger partial charge in [-0.1, -0.05) is 11.6 Å². The molecule has 1 nitrogen and oxygen atoms in total. The van der Waals surface area contributed by atoms with Gasteiger partial charge >= 0.3 is 12.8 Å². The Balaban J connectivity index is 3.28. The van der Waals surface area contributed by atoms with Gasteiger partial charge in [-0.3, -0.25) is 0 Å². The van der Waals surface area contributed by atoms with Gasteiger partial charge in [0.1, 0.15) is 5.75 Å². The molecule has 0 amide bonds. The summed E-state index contributed by atoms with van der Waals surface area (Å²) in [6.45, 7) is -2.00. The molecule has 1 rings (SSSR count). The molecule has 1 aromatic carbocycles.